The molecule has 1 aliphatic rings. The molecule has 1 fully saturated rings. The molecule has 20 heavy (non-hydrogen) atoms. The van der Waals surface area contributed by atoms with E-state index in [1.54, 1.807) is 6.20 Å². The van der Waals surface area contributed by atoms with Crippen molar-refractivity contribution in [1.29, 1.82) is 0 Å². The summed E-state index contributed by atoms with van der Waals surface area (Å²) in [6.07, 6.45) is 3.29. The largest absolute Gasteiger partial charge is 0.308 e. The Bertz CT molecular complexity index is 657. The fourth-order valence-electron chi connectivity index (χ4n) is 2.19. The third-order valence-corrected chi connectivity index (χ3v) is 4.38. The molecule has 1 aliphatic carbocycles. The molecule has 2 aromatic rings. The summed E-state index contributed by atoms with van der Waals surface area (Å²) < 4.78 is 1.13. The van der Waals surface area contributed by atoms with Gasteiger partial charge in [0.05, 0.1) is 11.6 Å². The number of hydrogen-bond donors (Lipinski definition) is 1. The van der Waals surface area contributed by atoms with Crippen LogP contribution in [0.5, 0.6) is 0 Å². The Kier molecular flexibility index (Phi) is 3.60. The van der Waals surface area contributed by atoms with E-state index in [-0.39, 0.29) is 5.91 Å². The fraction of sp³-hybridized carbons (Fsp3) is 0.214. The molecule has 1 saturated carbocycles. The van der Waals surface area contributed by atoms with Crippen molar-refractivity contribution in [3.8, 4) is 0 Å². The SMILES string of the molecule is O=C(Nc1ncc(Br)nc1Br)C1(c2ccccc2)CC1. The first kappa shape index (κ1) is 13.7. The van der Waals surface area contributed by atoms with E-state index in [1.807, 2.05) is 30.3 Å². The summed E-state index contributed by atoms with van der Waals surface area (Å²) in [6, 6.07) is 9.86. The number of carbonyl (C=O) groups is 1. The Morgan fingerprint density at radius 1 is 1.20 bits per heavy atom. The topological polar surface area (TPSA) is 54.9 Å². The van der Waals surface area contributed by atoms with Gasteiger partial charge in [-0.05, 0) is 50.3 Å². The molecule has 0 atom stereocenters. The van der Waals surface area contributed by atoms with Crippen LogP contribution in [-0.2, 0) is 10.2 Å². The van der Waals surface area contributed by atoms with E-state index in [9.17, 15) is 4.79 Å². The summed E-state index contributed by atoms with van der Waals surface area (Å²) in [5.41, 5.74) is 0.647. The Morgan fingerprint density at radius 2 is 1.90 bits per heavy atom. The van der Waals surface area contributed by atoms with Gasteiger partial charge in [-0.1, -0.05) is 30.3 Å². The minimum atomic E-state index is -0.407. The molecule has 1 amide bonds. The van der Waals surface area contributed by atoms with Gasteiger partial charge in [0.15, 0.2) is 5.82 Å². The standard InChI is InChI=1S/C14H11Br2N3O/c15-10-8-17-12(11(16)18-10)19-13(20)14(6-7-14)9-4-2-1-3-5-9/h1-5,8H,6-7H2,(H,17,19,20). The maximum atomic E-state index is 12.5. The van der Waals surface area contributed by atoms with Gasteiger partial charge >= 0.3 is 0 Å². The van der Waals surface area contributed by atoms with E-state index < -0.39 is 5.41 Å². The van der Waals surface area contributed by atoms with Crippen molar-refractivity contribution in [3.05, 3.63) is 51.3 Å². The minimum Gasteiger partial charge on any atom is -0.308 e. The second-order valence-corrected chi connectivity index (χ2v) is 6.30. The smallest absolute Gasteiger partial charge is 0.236 e. The van der Waals surface area contributed by atoms with E-state index in [2.05, 4.69) is 47.1 Å². The van der Waals surface area contributed by atoms with Gasteiger partial charge in [0, 0.05) is 0 Å². The molecule has 1 aromatic carbocycles. The molecule has 0 saturated heterocycles. The van der Waals surface area contributed by atoms with E-state index in [4.69, 9.17) is 0 Å². The molecule has 1 N–H and O–H groups in total. The van der Waals surface area contributed by atoms with Crippen molar-refractivity contribution in [2.75, 3.05) is 5.32 Å². The zero-order chi connectivity index (χ0) is 14.2. The van der Waals surface area contributed by atoms with E-state index in [0.717, 1.165) is 18.4 Å². The predicted molar refractivity (Wildman–Crippen MR) is 83.4 cm³/mol. The molecule has 0 radical (unpaired) electrons. The van der Waals surface area contributed by atoms with Crippen molar-refractivity contribution in [2.45, 2.75) is 18.3 Å². The van der Waals surface area contributed by atoms with Crippen LogP contribution < -0.4 is 5.32 Å². The lowest BCUT2D eigenvalue weighted by Gasteiger charge is -2.15. The first-order chi connectivity index (χ1) is 9.62. The van der Waals surface area contributed by atoms with Crippen LogP contribution in [0.1, 0.15) is 18.4 Å². The summed E-state index contributed by atoms with van der Waals surface area (Å²) in [6.45, 7) is 0. The number of benzene rings is 1. The van der Waals surface area contributed by atoms with Crippen molar-refractivity contribution in [2.24, 2.45) is 0 Å². The summed E-state index contributed by atoms with van der Waals surface area (Å²) in [5, 5.41) is 2.86. The van der Waals surface area contributed by atoms with E-state index >= 15 is 0 Å². The van der Waals surface area contributed by atoms with Crippen LogP contribution in [0.3, 0.4) is 0 Å². The van der Waals surface area contributed by atoms with Gasteiger partial charge in [-0.2, -0.15) is 0 Å². The van der Waals surface area contributed by atoms with Gasteiger partial charge in [-0.15, -0.1) is 0 Å². The highest BCUT2D eigenvalue weighted by atomic mass is 79.9. The monoisotopic (exact) mass is 395 g/mol. The number of nitrogens with zero attached hydrogens (tertiary/aromatic N) is 2. The van der Waals surface area contributed by atoms with Gasteiger partial charge in [0.1, 0.15) is 9.21 Å². The fourth-order valence-corrected chi connectivity index (χ4v) is 3.10. The van der Waals surface area contributed by atoms with Crippen LogP contribution in [0.4, 0.5) is 5.82 Å². The lowest BCUT2D eigenvalue weighted by molar-refractivity contribution is -0.118. The summed E-state index contributed by atoms with van der Waals surface area (Å²) in [5.74, 6) is 0.418. The number of hydrogen-bond acceptors (Lipinski definition) is 3. The zero-order valence-electron chi connectivity index (χ0n) is 10.4. The average molecular weight is 397 g/mol. The summed E-state index contributed by atoms with van der Waals surface area (Å²) >= 11 is 6.54. The molecular formula is C14H11Br2N3O. The second-order valence-electron chi connectivity index (χ2n) is 4.73. The van der Waals surface area contributed by atoms with Gasteiger partial charge in [0.2, 0.25) is 5.91 Å². The number of rotatable bonds is 3. The highest BCUT2D eigenvalue weighted by Crippen LogP contribution is 2.49. The van der Waals surface area contributed by atoms with Crippen LogP contribution >= 0.6 is 31.9 Å². The van der Waals surface area contributed by atoms with Crippen molar-refractivity contribution >= 4 is 43.6 Å². The Hall–Kier alpha value is -1.27. The Labute approximate surface area is 133 Å². The number of carbonyl (C=O) groups excluding carboxylic acids is 1. The first-order valence-corrected chi connectivity index (χ1v) is 7.75. The molecule has 0 aliphatic heterocycles. The van der Waals surface area contributed by atoms with Crippen LogP contribution in [0, 0.1) is 0 Å². The molecule has 3 rings (SSSR count). The molecule has 6 heteroatoms. The van der Waals surface area contributed by atoms with Gasteiger partial charge in [-0.25, -0.2) is 9.97 Å². The lowest BCUT2D eigenvalue weighted by atomic mass is 9.95. The molecule has 1 heterocycles. The second kappa shape index (κ2) is 5.26. The average Bonchev–Trinajstić information content (AvgIpc) is 3.24. The zero-order valence-corrected chi connectivity index (χ0v) is 13.6. The van der Waals surface area contributed by atoms with Crippen LogP contribution in [-0.4, -0.2) is 15.9 Å². The van der Waals surface area contributed by atoms with Crippen molar-refractivity contribution in [1.82, 2.24) is 9.97 Å². The third-order valence-electron chi connectivity index (χ3n) is 3.44. The first-order valence-electron chi connectivity index (χ1n) is 6.17. The molecule has 0 bridgehead atoms. The van der Waals surface area contributed by atoms with Gasteiger partial charge < -0.3 is 5.32 Å². The van der Waals surface area contributed by atoms with Crippen molar-refractivity contribution in [3.63, 3.8) is 0 Å². The van der Waals surface area contributed by atoms with Crippen LogP contribution in [0.25, 0.3) is 0 Å². The maximum absolute atomic E-state index is 12.5. The minimum absolute atomic E-state index is 0.0268. The molecule has 4 nitrogen and oxygen atoms in total. The molecular weight excluding hydrogens is 386 g/mol. The number of aromatic nitrogens is 2. The highest BCUT2D eigenvalue weighted by molar-refractivity contribution is 9.11. The van der Waals surface area contributed by atoms with Gasteiger partial charge in [-0.3, -0.25) is 4.79 Å². The number of halogens is 2. The number of amides is 1. The predicted octanol–water partition coefficient (Wildman–Crippen LogP) is 3.67. The Balaban J connectivity index is 1.83. The third kappa shape index (κ3) is 2.50. The summed E-state index contributed by atoms with van der Waals surface area (Å²) in [4.78, 5) is 20.8. The number of anilines is 1. The highest BCUT2D eigenvalue weighted by Gasteiger charge is 2.51. The summed E-state index contributed by atoms with van der Waals surface area (Å²) in [7, 11) is 0. The number of nitrogens with one attached hydrogen (secondary N) is 1. The van der Waals surface area contributed by atoms with Crippen LogP contribution in [0.15, 0.2) is 45.7 Å². The van der Waals surface area contributed by atoms with E-state index in [1.165, 1.54) is 0 Å². The van der Waals surface area contributed by atoms with E-state index in [0.29, 0.717) is 15.0 Å². The lowest BCUT2D eigenvalue weighted by Crippen LogP contribution is -2.28. The molecule has 0 unspecified atom stereocenters. The van der Waals surface area contributed by atoms with Crippen molar-refractivity contribution < 1.29 is 4.79 Å². The maximum Gasteiger partial charge on any atom is 0.236 e. The molecule has 1 aromatic heterocycles. The Morgan fingerprint density at radius 3 is 2.50 bits per heavy atom. The molecule has 102 valence electrons. The quantitative estimate of drug-likeness (QED) is 0.860. The van der Waals surface area contributed by atoms with Gasteiger partial charge in [0.25, 0.3) is 0 Å². The van der Waals surface area contributed by atoms with Crippen LogP contribution in [0.2, 0.25) is 0 Å². The normalized spacial score (nSPS) is 15.7. The molecule has 0 spiro atoms.